The molecule has 1 unspecified atom stereocenters. The molecule has 108 valence electrons. The number of aliphatic hydroxyl groups excluding tert-OH is 1. The number of pyridine rings is 1. The lowest BCUT2D eigenvalue weighted by molar-refractivity contribution is 0.178. The van der Waals surface area contributed by atoms with Crippen LogP contribution in [-0.2, 0) is 6.42 Å². The lowest BCUT2D eigenvalue weighted by Gasteiger charge is -2.13. The fraction of sp³-hybridized carbons (Fsp3) is 0.188. The molecule has 2 aromatic heterocycles. The maximum atomic E-state index is 10.5. The number of aromatic nitrogens is 1. The summed E-state index contributed by atoms with van der Waals surface area (Å²) in [4.78, 5) is 4.37. The molecule has 2 heterocycles. The summed E-state index contributed by atoms with van der Waals surface area (Å²) in [5, 5.41) is 12.5. The van der Waals surface area contributed by atoms with Gasteiger partial charge in [-0.2, -0.15) is 0 Å². The molecule has 1 aromatic carbocycles. The van der Waals surface area contributed by atoms with Crippen LogP contribution in [0.4, 0.5) is 0 Å². The Morgan fingerprint density at radius 1 is 1.33 bits per heavy atom. The van der Waals surface area contributed by atoms with E-state index >= 15 is 0 Å². The van der Waals surface area contributed by atoms with E-state index in [0.29, 0.717) is 6.42 Å². The minimum atomic E-state index is -0.590. The summed E-state index contributed by atoms with van der Waals surface area (Å²) >= 11 is 5.15. The maximum absolute atomic E-state index is 10.5. The van der Waals surface area contributed by atoms with Crippen molar-refractivity contribution in [3.63, 3.8) is 0 Å². The molecule has 0 spiro atoms. The zero-order valence-electron chi connectivity index (χ0n) is 11.4. The van der Waals surface area contributed by atoms with Crippen LogP contribution >= 0.6 is 27.3 Å². The molecule has 1 atom stereocenters. The summed E-state index contributed by atoms with van der Waals surface area (Å²) in [6.07, 6.45) is 1.66. The number of benzene rings is 1. The van der Waals surface area contributed by atoms with Gasteiger partial charge in [0.2, 0.25) is 0 Å². The molecule has 0 fully saturated rings. The Labute approximate surface area is 135 Å². The van der Waals surface area contributed by atoms with Gasteiger partial charge in [0.1, 0.15) is 5.75 Å². The molecule has 0 saturated heterocycles. The summed E-state index contributed by atoms with van der Waals surface area (Å²) in [6, 6.07) is 9.74. The van der Waals surface area contributed by atoms with Crippen molar-refractivity contribution in [1.29, 1.82) is 0 Å². The van der Waals surface area contributed by atoms with E-state index in [2.05, 4.69) is 20.9 Å². The van der Waals surface area contributed by atoms with Gasteiger partial charge < -0.3 is 9.84 Å². The number of halogens is 1. The van der Waals surface area contributed by atoms with E-state index < -0.39 is 6.10 Å². The van der Waals surface area contributed by atoms with Crippen molar-refractivity contribution in [3.05, 3.63) is 57.5 Å². The van der Waals surface area contributed by atoms with E-state index in [9.17, 15) is 5.11 Å². The first-order valence-electron chi connectivity index (χ1n) is 6.51. The molecule has 21 heavy (non-hydrogen) atoms. The summed E-state index contributed by atoms with van der Waals surface area (Å²) < 4.78 is 7.29. The van der Waals surface area contributed by atoms with Gasteiger partial charge in [-0.3, -0.25) is 4.98 Å². The number of fused-ring (bicyclic) bond motifs is 1. The van der Waals surface area contributed by atoms with Gasteiger partial charge >= 0.3 is 0 Å². The molecular formula is C16H14BrNO2S. The third kappa shape index (κ3) is 3.10. The molecule has 3 nitrogen and oxygen atoms in total. The fourth-order valence-electron chi connectivity index (χ4n) is 2.20. The largest absolute Gasteiger partial charge is 0.497 e. The second kappa shape index (κ2) is 6.13. The van der Waals surface area contributed by atoms with E-state index in [0.717, 1.165) is 31.6 Å². The van der Waals surface area contributed by atoms with Crippen LogP contribution < -0.4 is 4.74 Å². The van der Waals surface area contributed by atoms with Crippen LogP contribution in [0, 0.1) is 0 Å². The number of hydrogen-bond acceptors (Lipinski definition) is 4. The summed E-state index contributed by atoms with van der Waals surface area (Å²) in [5.74, 6) is 0.784. The van der Waals surface area contributed by atoms with Crippen molar-refractivity contribution >= 4 is 37.5 Å². The maximum Gasteiger partial charge on any atom is 0.119 e. The van der Waals surface area contributed by atoms with Crippen LogP contribution in [0.15, 0.2) is 46.4 Å². The average Bonchev–Trinajstić information content (AvgIpc) is 2.96. The molecule has 1 N–H and O–H groups in total. The third-order valence-corrected chi connectivity index (χ3v) is 5.00. The zero-order valence-corrected chi connectivity index (χ0v) is 13.8. The van der Waals surface area contributed by atoms with Crippen molar-refractivity contribution in [2.45, 2.75) is 12.5 Å². The third-order valence-electron chi connectivity index (χ3n) is 3.37. The highest BCUT2D eigenvalue weighted by Crippen LogP contribution is 2.29. The van der Waals surface area contributed by atoms with E-state index in [1.54, 1.807) is 24.6 Å². The Morgan fingerprint density at radius 2 is 2.19 bits per heavy atom. The van der Waals surface area contributed by atoms with Crippen molar-refractivity contribution in [1.82, 2.24) is 4.98 Å². The monoisotopic (exact) mass is 363 g/mol. The standard InChI is InChI=1S/C16H14BrNO2S/c1-20-12-2-3-13(17)10(6-12)7-15(19)11-8-16-14(18-9-11)4-5-21-16/h2-6,8-9,15,19H,7H2,1H3. The Hall–Kier alpha value is -1.43. The highest BCUT2D eigenvalue weighted by atomic mass is 79.9. The zero-order chi connectivity index (χ0) is 14.8. The summed E-state index contributed by atoms with van der Waals surface area (Å²) in [7, 11) is 1.64. The highest BCUT2D eigenvalue weighted by molar-refractivity contribution is 9.10. The predicted molar refractivity (Wildman–Crippen MR) is 89.0 cm³/mol. The molecule has 0 amide bonds. The average molecular weight is 364 g/mol. The SMILES string of the molecule is COc1ccc(Br)c(CC(O)c2cnc3ccsc3c2)c1. The minimum absolute atomic E-state index is 0.510. The van der Waals surface area contributed by atoms with Gasteiger partial charge in [-0.25, -0.2) is 0 Å². The van der Waals surface area contributed by atoms with Crippen molar-refractivity contribution in [3.8, 4) is 5.75 Å². The lowest BCUT2D eigenvalue weighted by Crippen LogP contribution is -2.03. The van der Waals surface area contributed by atoms with Crippen LogP contribution in [0.1, 0.15) is 17.2 Å². The van der Waals surface area contributed by atoms with Gasteiger partial charge in [0.25, 0.3) is 0 Å². The van der Waals surface area contributed by atoms with Gasteiger partial charge in [-0.15, -0.1) is 11.3 Å². The molecular weight excluding hydrogens is 350 g/mol. The van der Waals surface area contributed by atoms with E-state index in [-0.39, 0.29) is 0 Å². The van der Waals surface area contributed by atoms with Gasteiger partial charge in [0, 0.05) is 22.7 Å². The van der Waals surface area contributed by atoms with Crippen LogP contribution in [0.2, 0.25) is 0 Å². The van der Waals surface area contributed by atoms with Gasteiger partial charge in [0.05, 0.1) is 23.4 Å². The Bertz CT molecular complexity index is 772. The van der Waals surface area contributed by atoms with Crippen LogP contribution in [0.5, 0.6) is 5.75 Å². The Morgan fingerprint density at radius 3 is 3.00 bits per heavy atom. The molecule has 0 aliphatic heterocycles. The molecule has 3 aromatic rings. The fourth-order valence-corrected chi connectivity index (χ4v) is 3.40. The van der Waals surface area contributed by atoms with Crippen molar-refractivity contribution in [2.24, 2.45) is 0 Å². The summed E-state index contributed by atoms with van der Waals surface area (Å²) in [6.45, 7) is 0. The van der Waals surface area contributed by atoms with Crippen LogP contribution in [0.25, 0.3) is 10.2 Å². The van der Waals surface area contributed by atoms with Gasteiger partial charge in [0.15, 0.2) is 0 Å². The van der Waals surface area contributed by atoms with Crippen molar-refractivity contribution in [2.75, 3.05) is 7.11 Å². The molecule has 3 rings (SSSR count). The van der Waals surface area contributed by atoms with E-state index in [1.807, 2.05) is 35.7 Å². The molecule has 0 saturated carbocycles. The first-order chi connectivity index (χ1) is 10.2. The van der Waals surface area contributed by atoms with Gasteiger partial charge in [-0.05, 0) is 41.3 Å². The second-order valence-electron chi connectivity index (χ2n) is 4.75. The second-order valence-corrected chi connectivity index (χ2v) is 6.55. The van der Waals surface area contributed by atoms with E-state index in [4.69, 9.17) is 4.74 Å². The Kier molecular flexibility index (Phi) is 4.24. The minimum Gasteiger partial charge on any atom is -0.497 e. The Balaban J connectivity index is 1.86. The topological polar surface area (TPSA) is 42.4 Å². The lowest BCUT2D eigenvalue weighted by atomic mass is 10.0. The normalized spacial score (nSPS) is 12.5. The quantitative estimate of drug-likeness (QED) is 0.749. The van der Waals surface area contributed by atoms with Gasteiger partial charge in [-0.1, -0.05) is 15.9 Å². The first-order valence-corrected chi connectivity index (χ1v) is 8.18. The molecule has 0 aliphatic rings. The number of rotatable bonds is 4. The highest BCUT2D eigenvalue weighted by Gasteiger charge is 2.13. The smallest absolute Gasteiger partial charge is 0.119 e. The van der Waals surface area contributed by atoms with Crippen LogP contribution in [0.3, 0.4) is 0 Å². The number of methoxy groups -OCH3 is 1. The number of aliphatic hydroxyl groups is 1. The number of nitrogens with zero attached hydrogens (tertiary/aromatic N) is 1. The summed E-state index contributed by atoms with van der Waals surface area (Å²) in [5.41, 5.74) is 2.81. The molecule has 0 bridgehead atoms. The van der Waals surface area contributed by atoms with Crippen LogP contribution in [-0.4, -0.2) is 17.2 Å². The number of thiophene rings is 1. The van der Waals surface area contributed by atoms with E-state index in [1.165, 1.54) is 0 Å². The molecule has 5 heteroatoms. The first kappa shape index (κ1) is 14.5. The number of ether oxygens (including phenoxy) is 1. The van der Waals surface area contributed by atoms with Crippen molar-refractivity contribution < 1.29 is 9.84 Å². The number of hydrogen-bond donors (Lipinski definition) is 1. The molecule has 0 radical (unpaired) electrons. The predicted octanol–water partition coefficient (Wildman–Crippen LogP) is 4.34. The molecule has 0 aliphatic carbocycles.